The third-order valence-electron chi connectivity index (χ3n) is 6.00. The number of nitrogens with one attached hydrogen (secondary N) is 1. The summed E-state index contributed by atoms with van der Waals surface area (Å²) in [5, 5.41) is 2.16. The summed E-state index contributed by atoms with van der Waals surface area (Å²) >= 11 is 0. The summed E-state index contributed by atoms with van der Waals surface area (Å²) in [6.07, 6.45) is 3.52. The van der Waals surface area contributed by atoms with Crippen LogP contribution in [0.3, 0.4) is 0 Å². The first kappa shape index (κ1) is 24.5. The summed E-state index contributed by atoms with van der Waals surface area (Å²) in [6, 6.07) is 11.4. The molecule has 34 heavy (non-hydrogen) atoms. The molecule has 2 aliphatic rings. The van der Waals surface area contributed by atoms with Crippen molar-refractivity contribution in [3.05, 3.63) is 66.0 Å². The molecule has 2 aromatic carbocycles. The fourth-order valence-corrected chi connectivity index (χ4v) is 5.28. The van der Waals surface area contributed by atoms with Crippen molar-refractivity contribution < 1.29 is 56.8 Å². The monoisotopic (exact) mass is 489 g/mol. The van der Waals surface area contributed by atoms with Crippen LogP contribution < -0.4 is 44.3 Å². The van der Waals surface area contributed by atoms with Crippen molar-refractivity contribution >= 4 is 38.2 Å². The molecule has 9 nitrogen and oxygen atoms in total. The SMILES string of the molecule is COc1cc2c(cc1OC)C(=O)N1C=C(c3ccc4ncccc4c3)C[C@H]1[C@H](S(=O)(=O)[O-])N2.[Na+]. The second kappa shape index (κ2) is 9.20. The van der Waals surface area contributed by atoms with E-state index in [4.69, 9.17) is 9.47 Å². The number of nitrogens with zero attached hydrogens (tertiary/aromatic N) is 2. The van der Waals surface area contributed by atoms with Crippen LogP contribution in [0.5, 0.6) is 11.5 Å². The van der Waals surface area contributed by atoms with Gasteiger partial charge in [0.2, 0.25) is 0 Å². The second-order valence-corrected chi connectivity index (χ2v) is 9.35. The molecule has 1 aromatic heterocycles. The molecule has 11 heteroatoms. The number of methoxy groups -OCH3 is 2. The first-order valence-electron chi connectivity index (χ1n) is 10.2. The molecule has 5 rings (SSSR count). The van der Waals surface area contributed by atoms with Crippen LogP contribution in [0.15, 0.2) is 54.9 Å². The van der Waals surface area contributed by atoms with Crippen LogP contribution in [0.25, 0.3) is 16.5 Å². The minimum atomic E-state index is -4.82. The number of carbonyl (C=O) groups excluding carboxylic acids is 1. The van der Waals surface area contributed by atoms with E-state index >= 15 is 0 Å². The number of ether oxygens (including phenoxy) is 2. The average molecular weight is 489 g/mol. The summed E-state index contributed by atoms with van der Waals surface area (Å²) in [7, 11) is -1.95. The largest absolute Gasteiger partial charge is 1.00 e. The predicted molar refractivity (Wildman–Crippen MR) is 121 cm³/mol. The normalized spacial score (nSPS) is 19.3. The number of rotatable bonds is 4. The van der Waals surface area contributed by atoms with Crippen molar-refractivity contribution in [2.24, 2.45) is 0 Å². The summed E-state index contributed by atoms with van der Waals surface area (Å²) < 4.78 is 47.3. The third-order valence-corrected chi connectivity index (χ3v) is 7.06. The number of fused-ring (bicyclic) bond motifs is 3. The Morgan fingerprint density at radius 1 is 1.12 bits per heavy atom. The Labute approximate surface area is 218 Å². The van der Waals surface area contributed by atoms with Crippen molar-refractivity contribution in [1.82, 2.24) is 9.88 Å². The molecular weight excluding hydrogens is 469 g/mol. The molecule has 0 spiro atoms. The Balaban J connectivity index is 0.00000274. The number of benzene rings is 2. The van der Waals surface area contributed by atoms with E-state index < -0.39 is 27.4 Å². The number of hydrogen-bond donors (Lipinski definition) is 1. The van der Waals surface area contributed by atoms with Crippen LogP contribution >= 0.6 is 0 Å². The molecule has 170 valence electrons. The van der Waals surface area contributed by atoms with Gasteiger partial charge in [-0.3, -0.25) is 9.78 Å². The van der Waals surface area contributed by atoms with Crippen molar-refractivity contribution in [1.29, 1.82) is 0 Å². The molecule has 0 fully saturated rings. The maximum atomic E-state index is 13.5. The molecule has 0 aliphatic carbocycles. The average Bonchev–Trinajstić information content (AvgIpc) is 3.21. The molecule has 3 aromatic rings. The van der Waals surface area contributed by atoms with E-state index in [0.717, 1.165) is 22.0 Å². The van der Waals surface area contributed by atoms with Crippen molar-refractivity contribution in [2.75, 3.05) is 19.5 Å². The van der Waals surface area contributed by atoms with E-state index in [1.165, 1.54) is 31.3 Å². The van der Waals surface area contributed by atoms with Gasteiger partial charge in [-0.1, -0.05) is 12.1 Å². The maximum absolute atomic E-state index is 13.5. The van der Waals surface area contributed by atoms with E-state index in [1.807, 2.05) is 30.3 Å². The predicted octanol–water partition coefficient (Wildman–Crippen LogP) is -0.192. The van der Waals surface area contributed by atoms with Crippen LogP contribution in [0, 0.1) is 0 Å². The van der Waals surface area contributed by atoms with Crippen LogP contribution in [-0.2, 0) is 10.1 Å². The van der Waals surface area contributed by atoms with Gasteiger partial charge in [0.25, 0.3) is 5.91 Å². The van der Waals surface area contributed by atoms with Gasteiger partial charge in [-0.15, -0.1) is 0 Å². The molecule has 3 heterocycles. The van der Waals surface area contributed by atoms with Gasteiger partial charge in [0.1, 0.15) is 15.5 Å². The van der Waals surface area contributed by atoms with Crippen LogP contribution in [0.4, 0.5) is 5.69 Å². The summed E-state index contributed by atoms with van der Waals surface area (Å²) in [5.41, 5.74) is 2.78. The molecule has 0 bridgehead atoms. The summed E-state index contributed by atoms with van der Waals surface area (Å²) in [4.78, 5) is 19.1. The molecule has 0 saturated heterocycles. The quantitative estimate of drug-likeness (QED) is 0.396. The van der Waals surface area contributed by atoms with Gasteiger partial charge in [-0.2, -0.15) is 0 Å². The Hall–Kier alpha value is -2.63. The van der Waals surface area contributed by atoms with Crippen molar-refractivity contribution in [2.45, 2.75) is 17.8 Å². The Morgan fingerprint density at radius 2 is 1.85 bits per heavy atom. The van der Waals surface area contributed by atoms with Crippen molar-refractivity contribution in [3.63, 3.8) is 0 Å². The molecule has 0 radical (unpaired) electrons. The Kier molecular flexibility index (Phi) is 6.63. The molecule has 1 N–H and O–H groups in total. The van der Waals surface area contributed by atoms with Crippen molar-refractivity contribution in [3.8, 4) is 11.5 Å². The standard InChI is InChI=1S/C23H21N3O6S.Na/c1-31-20-10-16-18(11-21(20)32-2)25-22(33(28,29)30)19-9-15(12-26(19)23(16)27)13-5-6-17-14(8-13)4-3-7-24-17;/h3-8,10-12,19,22,25H,9H2,1-2H3,(H,28,29,30);/q;+1/p-1/t19-,22-;/m0./s1. The first-order valence-corrected chi connectivity index (χ1v) is 11.6. The number of hydrogen-bond acceptors (Lipinski definition) is 8. The molecule has 0 unspecified atom stereocenters. The van der Waals surface area contributed by atoms with Gasteiger partial charge in [0, 0.05) is 23.8 Å². The van der Waals surface area contributed by atoms with Gasteiger partial charge in [0.05, 0.1) is 37.0 Å². The minimum Gasteiger partial charge on any atom is -0.746 e. The van der Waals surface area contributed by atoms with E-state index in [0.29, 0.717) is 11.5 Å². The Morgan fingerprint density at radius 3 is 2.56 bits per heavy atom. The second-order valence-electron chi connectivity index (χ2n) is 7.86. The maximum Gasteiger partial charge on any atom is 1.00 e. The smallest absolute Gasteiger partial charge is 0.746 e. The topological polar surface area (TPSA) is 121 Å². The first-order chi connectivity index (χ1) is 15.8. The minimum absolute atomic E-state index is 0. The van der Waals surface area contributed by atoms with E-state index in [9.17, 15) is 17.8 Å². The van der Waals surface area contributed by atoms with Gasteiger partial charge < -0.3 is 24.2 Å². The molecule has 2 aliphatic heterocycles. The third kappa shape index (κ3) is 4.16. The zero-order valence-corrected chi connectivity index (χ0v) is 21.6. The zero-order valence-electron chi connectivity index (χ0n) is 18.8. The number of pyridine rings is 1. The van der Waals surface area contributed by atoms with Gasteiger partial charge in [-0.25, -0.2) is 8.42 Å². The van der Waals surface area contributed by atoms with Crippen LogP contribution in [-0.4, -0.2) is 54.4 Å². The molecule has 2 atom stereocenters. The van der Waals surface area contributed by atoms with Gasteiger partial charge in [-0.05, 0) is 41.8 Å². The molecule has 1 amide bonds. The zero-order chi connectivity index (χ0) is 23.3. The van der Waals surface area contributed by atoms with Crippen LogP contribution in [0.2, 0.25) is 0 Å². The molecular formula is C23H20N3NaO6S. The summed E-state index contributed by atoms with van der Waals surface area (Å²) in [5.74, 6) is 0.186. The number of anilines is 1. The number of carbonyl (C=O) groups is 1. The van der Waals surface area contributed by atoms with E-state index in [1.54, 1.807) is 12.4 Å². The van der Waals surface area contributed by atoms with Gasteiger partial charge >= 0.3 is 29.6 Å². The number of aromatic nitrogens is 1. The Bertz CT molecular complexity index is 1430. The van der Waals surface area contributed by atoms with Gasteiger partial charge in [0.15, 0.2) is 11.5 Å². The number of amides is 1. The van der Waals surface area contributed by atoms with E-state index in [-0.39, 0.29) is 47.2 Å². The van der Waals surface area contributed by atoms with Crippen LogP contribution in [0.1, 0.15) is 22.3 Å². The fourth-order valence-electron chi connectivity index (χ4n) is 4.40. The summed E-state index contributed by atoms with van der Waals surface area (Å²) in [6.45, 7) is 0. The molecule has 0 saturated carbocycles. The fraction of sp³-hybridized carbons (Fsp3) is 0.217. The van der Waals surface area contributed by atoms with E-state index in [2.05, 4.69) is 10.3 Å².